The van der Waals surface area contributed by atoms with E-state index in [0.29, 0.717) is 30.2 Å². The molecule has 4 fully saturated rings. The Bertz CT molecular complexity index is 2440. The van der Waals surface area contributed by atoms with Crippen molar-refractivity contribution in [2.45, 2.75) is 441 Å². The van der Waals surface area contributed by atoms with Gasteiger partial charge in [-0.15, -0.1) is 0 Å². The van der Waals surface area contributed by atoms with Gasteiger partial charge >= 0.3 is 26.4 Å². The normalized spacial score (nSPS) is 17.1. The van der Waals surface area contributed by atoms with Crippen LogP contribution in [0.25, 0.3) is 0 Å². The molecule has 0 aromatic carbocycles. The highest BCUT2D eigenvalue weighted by atomic mass is 28.5. The fraction of sp³-hybridized carbons (Fsp3) is 0.939. The molecule has 0 radical (unpaired) electrons. The molecule has 4 aliphatic carbocycles. The summed E-state index contributed by atoms with van der Waals surface area (Å²) in [5.41, 5.74) is 0. The number of rotatable bonds is 44. The minimum atomic E-state index is -2.95. The average Bonchev–Trinajstić information content (AvgIpc) is 0.793. The topological polar surface area (TPSA) is 236 Å². The Morgan fingerprint density at radius 1 is 0.342 bits per heavy atom. The molecule has 0 bridgehead atoms. The van der Waals surface area contributed by atoms with Crippen LogP contribution < -0.4 is 37.2 Å². The molecule has 0 aromatic rings. The second kappa shape index (κ2) is 55.3. The first-order valence-electron chi connectivity index (χ1n) is 44.5. The van der Waals surface area contributed by atoms with E-state index in [4.69, 9.17) is 63.9 Å². The number of nitrogens with zero attached hydrogens (tertiary/aromatic N) is 7. The van der Waals surface area contributed by atoms with Crippen LogP contribution in [0.2, 0.25) is 77.1 Å². The number of amidine groups is 1. The summed E-state index contributed by atoms with van der Waals surface area (Å²) in [4.78, 5) is 29.9. The Morgan fingerprint density at radius 2 is 0.631 bits per heavy atom. The van der Waals surface area contributed by atoms with Crippen molar-refractivity contribution in [1.29, 1.82) is 0 Å². The largest absolute Gasteiger partial charge is 0.501 e. The van der Waals surface area contributed by atoms with Crippen LogP contribution in [-0.2, 0) is 38.9 Å². The van der Waals surface area contributed by atoms with E-state index < -0.39 is 51.4 Å². The molecule has 4 saturated carbocycles. The van der Waals surface area contributed by atoms with Gasteiger partial charge in [-0.3, -0.25) is 25.0 Å². The summed E-state index contributed by atoms with van der Waals surface area (Å²) in [6, 6.07) is 6.05. The number of nitrogens with one attached hydrogen (secondary N) is 7. The summed E-state index contributed by atoms with van der Waals surface area (Å²) in [5.74, 6) is 4.98. The second-order valence-corrected chi connectivity index (χ2v) is 59.9. The van der Waals surface area contributed by atoms with Crippen molar-refractivity contribution in [1.82, 2.24) is 47.0 Å². The van der Waals surface area contributed by atoms with Gasteiger partial charge in [0.2, 0.25) is 0 Å². The van der Waals surface area contributed by atoms with E-state index in [0.717, 1.165) is 119 Å². The van der Waals surface area contributed by atoms with Crippen LogP contribution in [0, 0.1) is 0 Å². The lowest BCUT2D eigenvalue weighted by Crippen LogP contribution is -2.60. The molecule has 0 heterocycles. The Hall–Kier alpha value is -2.51. The van der Waals surface area contributed by atoms with Crippen LogP contribution in [0.5, 0.6) is 0 Å². The van der Waals surface area contributed by atoms with Crippen molar-refractivity contribution in [2.75, 3.05) is 60.6 Å². The zero-order valence-corrected chi connectivity index (χ0v) is 83.4. The van der Waals surface area contributed by atoms with Crippen LogP contribution in [0.3, 0.4) is 0 Å². The van der Waals surface area contributed by atoms with E-state index in [2.05, 4.69) is 231 Å². The van der Waals surface area contributed by atoms with Gasteiger partial charge in [-0.25, -0.2) is 0 Å². The third kappa shape index (κ3) is 50.8. The van der Waals surface area contributed by atoms with Crippen LogP contribution >= 0.6 is 0 Å². The summed E-state index contributed by atoms with van der Waals surface area (Å²) < 4.78 is 56.6. The highest BCUT2D eigenvalue weighted by molar-refractivity contribution is 6.90. The fourth-order valence-electron chi connectivity index (χ4n) is 14.6. The van der Waals surface area contributed by atoms with Crippen LogP contribution in [0.4, 0.5) is 0 Å². The molecule has 0 aliphatic heterocycles. The SMILES string of the molecule is CC(C)N=C(CCCN(CCN(CCC[Si](OC(C)C)(OC(C)C)OC(C)C)C(=NC(C)C)NC(C)C)C(=NC(C)C)NC(C)C)NC(C)C.CO[Si](CCCN=C(NC1CCCCC1)NC1CCCCC1)(OC)OC.C[Si](C)(C)O[Si](CCCN=C(NC1CCCCC1)NC1CCCCC1)(O[Si](C)(C)C)O[Si](C)(C)C. The van der Waals surface area contributed by atoms with Crippen molar-refractivity contribution in [2.24, 2.45) is 25.0 Å². The molecule has 0 unspecified atom stereocenters. The lowest BCUT2D eigenvalue weighted by Gasteiger charge is -2.42. The molecule has 0 saturated heterocycles. The third-order valence-electron chi connectivity index (χ3n) is 18.6. The lowest BCUT2D eigenvalue weighted by atomic mass is 9.95. The number of aliphatic imine (C=N–C) groups is 5. The van der Waals surface area contributed by atoms with Gasteiger partial charge in [0.05, 0.1) is 5.84 Å². The molecular formula is C82H178N14O9Si6. The van der Waals surface area contributed by atoms with Gasteiger partial charge in [0.15, 0.2) is 48.8 Å². The molecular weight excluding hydrogens is 1490 g/mol. The van der Waals surface area contributed by atoms with E-state index in [9.17, 15) is 0 Å². The van der Waals surface area contributed by atoms with Gasteiger partial charge in [-0.2, -0.15) is 0 Å². The lowest BCUT2D eigenvalue weighted by molar-refractivity contribution is 0.00260. The Balaban J connectivity index is 0.000000595. The molecule has 111 heavy (non-hydrogen) atoms. The van der Waals surface area contributed by atoms with Gasteiger partial charge in [0.25, 0.3) is 0 Å². The molecule has 29 heteroatoms. The molecule has 0 aromatic heterocycles. The van der Waals surface area contributed by atoms with Gasteiger partial charge in [0, 0.05) is 164 Å². The predicted molar refractivity (Wildman–Crippen MR) is 488 cm³/mol. The Kier molecular flexibility index (Phi) is 52.1. The highest BCUT2D eigenvalue weighted by Gasteiger charge is 2.50. The quantitative estimate of drug-likeness (QED) is 0.0130. The summed E-state index contributed by atoms with van der Waals surface area (Å²) in [6.07, 6.45) is 30.8. The molecule has 4 aliphatic rings. The van der Waals surface area contributed by atoms with E-state index in [-0.39, 0.29) is 48.5 Å². The first-order chi connectivity index (χ1) is 52.0. The maximum absolute atomic E-state index is 6.85. The minimum Gasteiger partial charge on any atom is -0.417 e. The van der Waals surface area contributed by atoms with Crippen molar-refractivity contribution >= 4 is 81.0 Å². The first kappa shape index (κ1) is 105. The van der Waals surface area contributed by atoms with Gasteiger partial charge in [0.1, 0.15) is 0 Å². The van der Waals surface area contributed by atoms with Crippen LogP contribution in [0.1, 0.15) is 285 Å². The van der Waals surface area contributed by atoms with E-state index in [1.54, 1.807) is 21.3 Å². The molecule has 0 atom stereocenters. The highest BCUT2D eigenvalue weighted by Crippen LogP contribution is 2.31. The third-order valence-corrected chi connectivity index (χ3v) is 37.0. The molecule has 4 rings (SSSR count). The van der Waals surface area contributed by atoms with Crippen LogP contribution in [-0.4, -0.2) is 230 Å². The summed E-state index contributed by atoms with van der Waals surface area (Å²) >= 11 is 0. The Morgan fingerprint density at radius 3 is 0.901 bits per heavy atom. The van der Waals surface area contributed by atoms with E-state index in [1.165, 1.54) is 128 Å². The maximum Gasteiger partial charge on any atom is 0.501 e. The maximum atomic E-state index is 6.85. The number of hydrogen-bond acceptors (Lipinski definition) is 14. The molecule has 654 valence electrons. The standard InChI is InChI=1S/C38H82N8O3Si.C25H57N3O3Si4.C19H39N3O3Si/c1-27(2)39-36(40-28(3)4)21-19-22-45(37(41-29(5)6)42-30(7)8)24-25-46(38(43-31(9)10)44-32(11)12)23-20-26-50(47-33(13)14,48-34(15)16)49-35(17)18;1-32(2,3)29-35(30-33(4,5)6,31-34(7,8)9)22-16-21-26-25(27-23-17-12-10-13-18-23)28-24-19-14-11-15-20-24;1-23-26(24-2,25-3)16-10-15-20-19(21-17-11-6-4-7-12-17)22-18-13-8-5-9-14-18/h27-35H,19-26H2,1-18H3,(H,39,40)(H,41,42)(H,43,44);23-24H,10-22H2,1-9H3,(H2,26,27,28);17-18H,4-16H2,1-3H3,(H2,20,21,22). The zero-order chi connectivity index (χ0) is 83.4. The molecule has 0 spiro atoms. The smallest absolute Gasteiger partial charge is 0.417 e. The zero-order valence-electron chi connectivity index (χ0n) is 77.4. The van der Waals surface area contributed by atoms with Crippen molar-refractivity contribution in [3.05, 3.63) is 0 Å². The monoisotopic (exact) mass is 1670 g/mol. The number of hydrogen-bond donors (Lipinski definition) is 7. The summed E-state index contributed by atoms with van der Waals surface area (Å²) in [5, 5.41) is 25.9. The molecule has 23 nitrogen and oxygen atoms in total. The fourth-order valence-corrected chi connectivity index (χ4v) is 34.2. The van der Waals surface area contributed by atoms with Crippen molar-refractivity contribution < 1.29 is 38.9 Å². The summed E-state index contributed by atoms with van der Waals surface area (Å²) in [7, 11) is -8.72. The molecule has 7 N–H and O–H groups in total. The first-order valence-corrected chi connectivity index (χ1v) is 60.5. The van der Waals surface area contributed by atoms with Gasteiger partial charge in [-0.05, 0) is 261 Å². The van der Waals surface area contributed by atoms with Crippen LogP contribution in [0.15, 0.2) is 25.0 Å². The average molecular weight is 1670 g/mol. The predicted octanol–water partition coefficient (Wildman–Crippen LogP) is 17.8. The van der Waals surface area contributed by atoms with E-state index in [1.807, 2.05) is 0 Å². The van der Waals surface area contributed by atoms with Crippen molar-refractivity contribution in [3.63, 3.8) is 0 Å². The second-order valence-electron chi connectivity index (χ2n) is 37.2. The summed E-state index contributed by atoms with van der Waals surface area (Å²) in [6.45, 7) is 63.3. The van der Waals surface area contributed by atoms with Gasteiger partial charge in [-0.1, -0.05) is 77.0 Å². The molecule has 0 amide bonds. The van der Waals surface area contributed by atoms with E-state index >= 15 is 0 Å². The number of guanidine groups is 4. The van der Waals surface area contributed by atoms with Gasteiger partial charge < -0.3 is 85.9 Å². The Labute approximate surface area is 689 Å². The van der Waals surface area contributed by atoms with Crippen molar-refractivity contribution in [3.8, 4) is 0 Å². The minimum absolute atomic E-state index is 0.0125.